The summed E-state index contributed by atoms with van der Waals surface area (Å²) < 4.78 is 14.6. The Morgan fingerprint density at radius 2 is 2.04 bits per heavy atom. The van der Waals surface area contributed by atoms with Crippen molar-refractivity contribution in [3.63, 3.8) is 0 Å². The second kappa shape index (κ2) is 8.31. The molecule has 25 heavy (non-hydrogen) atoms. The van der Waals surface area contributed by atoms with E-state index in [1.807, 2.05) is 13.8 Å². The largest absolute Gasteiger partial charge is 0.504 e. The molecule has 0 aliphatic carbocycles. The van der Waals surface area contributed by atoms with Crippen LogP contribution in [-0.2, 0) is 0 Å². The molecule has 0 fully saturated rings. The van der Waals surface area contributed by atoms with E-state index >= 15 is 0 Å². The number of nitrogens with one attached hydrogen (secondary N) is 1. The molecule has 1 aromatic heterocycles. The minimum Gasteiger partial charge on any atom is -0.504 e. The summed E-state index contributed by atoms with van der Waals surface area (Å²) >= 11 is 0. The second-order valence-corrected chi connectivity index (χ2v) is 5.99. The molecular formula is C17H24ClFN4O2. The van der Waals surface area contributed by atoms with Crippen molar-refractivity contribution in [2.24, 2.45) is 5.73 Å². The molecule has 4 N–H and O–H groups in total. The first-order valence-corrected chi connectivity index (χ1v) is 7.92. The molecule has 1 aromatic carbocycles. The van der Waals surface area contributed by atoms with Crippen LogP contribution in [0.5, 0.6) is 5.75 Å². The Morgan fingerprint density at radius 1 is 1.40 bits per heavy atom. The zero-order valence-electron chi connectivity index (χ0n) is 14.5. The number of aryl methyl sites for hydroxylation is 1. The van der Waals surface area contributed by atoms with E-state index in [0.717, 1.165) is 12.8 Å². The van der Waals surface area contributed by atoms with Gasteiger partial charge in [-0.3, -0.25) is 4.79 Å². The van der Waals surface area contributed by atoms with E-state index in [4.69, 9.17) is 5.73 Å². The van der Waals surface area contributed by atoms with Gasteiger partial charge in [0.25, 0.3) is 5.91 Å². The van der Waals surface area contributed by atoms with Crippen LogP contribution in [-0.4, -0.2) is 32.9 Å². The smallest absolute Gasteiger partial charge is 0.275 e. The minimum absolute atomic E-state index is 0. The second-order valence-electron chi connectivity index (χ2n) is 5.99. The molecule has 138 valence electrons. The normalized spacial score (nSPS) is 11.1. The van der Waals surface area contributed by atoms with Crippen molar-refractivity contribution in [2.45, 2.75) is 39.2 Å². The Balaban J connectivity index is 0.00000312. The zero-order valence-corrected chi connectivity index (χ0v) is 15.4. The van der Waals surface area contributed by atoms with Crippen molar-refractivity contribution < 1.29 is 14.3 Å². The lowest BCUT2D eigenvalue weighted by Crippen LogP contribution is -2.49. The van der Waals surface area contributed by atoms with Gasteiger partial charge in [-0.1, -0.05) is 13.8 Å². The topological polar surface area (TPSA) is 93.2 Å². The van der Waals surface area contributed by atoms with Gasteiger partial charge in [-0.2, -0.15) is 5.10 Å². The molecule has 0 atom stereocenters. The third-order valence-corrected chi connectivity index (χ3v) is 4.32. The maximum absolute atomic E-state index is 13.2. The summed E-state index contributed by atoms with van der Waals surface area (Å²) in [5.41, 5.74) is 6.80. The van der Waals surface area contributed by atoms with Gasteiger partial charge in [0.2, 0.25) is 0 Å². The molecule has 2 aromatic rings. The highest BCUT2D eigenvalue weighted by Gasteiger charge is 2.23. The molecule has 6 nitrogen and oxygen atoms in total. The first-order chi connectivity index (χ1) is 11.3. The van der Waals surface area contributed by atoms with E-state index in [0.29, 0.717) is 17.8 Å². The third kappa shape index (κ3) is 4.70. The number of hydrogen-bond acceptors (Lipinski definition) is 4. The quantitative estimate of drug-likeness (QED) is 0.728. The lowest BCUT2D eigenvalue weighted by molar-refractivity contribution is 0.0934. The number of rotatable bonds is 6. The number of carbonyl (C=O) groups is 1. The number of aromatic nitrogens is 2. The predicted molar refractivity (Wildman–Crippen MR) is 97.0 cm³/mol. The highest BCUT2D eigenvalue weighted by Crippen LogP contribution is 2.21. The van der Waals surface area contributed by atoms with Crippen molar-refractivity contribution in [2.75, 3.05) is 6.54 Å². The molecular weight excluding hydrogens is 347 g/mol. The van der Waals surface area contributed by atoms with E-state index in [9.17, 15) is 14.3 Å². The highest BCUT2D eigenvalue weighted by atomic mass is 35.5. The van der Waals surface area contributed by atoms with Gasteiger partial charge in [0.1, 0.15) is 5.82 Å². The number of nitrogens with zero attached hydrogens (tertiary/aromatic N) is 2. The monoisotopic (exact) mass is 370 g/mol. The average molecular weight is 371 g/mol. The summed E-state index contributed by atoms with van der Waals surface area (Å²) in [6.45, 7) is 5.93. The average Bonchev–Trinajstić information content (AvgIpc) is 2.94. The van der Waals surface area contributed by atoms with Crippen molar-refractivity contribution in [1.82, 2.24) is 15.1 Å². The van der Waals surface area contributed by atoms with Crippen LogP contribution in [0.15, 0.2) is 24.4 Å². The molecule has 1 heterocycles. The minimum atomic E-state index is -0.497. The molecule has 1 amide bonds. The predicted octanol–water partition coefficient (Wildman–Crippen LogP) is 2.69. The molecule has 0 radical (unpaired) electrons. The number of hydrogen-bond donors (Lipinski definition) is 3. The molecule has 2 rings (SSSR count). The summed E-state index contributed by atoms with van der Waals surface area (Å²) in [6, 6.07) is 4.20. The molecule has 8 heteroatoms. The fraction of sp³-hybridized carbons (Fsp3) is 0.412. The lowest BCUT2D eigenvalue weighted by Gasteiger charge is -2.26. The third-order valence-electron chi connectivity index (χ3n) is 4.32. The van der Waals surface area contributed by atoms with Gasteiger partial charge in [-0.25, -0.2) is 9.07 Å². The number of halogens is 2. The van der Waals surface area contributed by atoms with Crippen molar-refractivity contribution in [3.05, 3.63) is 41.5 Å². The van der Waals surface area contributed by atoms with Crippen LogP contribution >= 0.6 is 12.4 Å². The molecule has 0 saturated carbocycles. The van der Waals surface area contributed by atoms with Crippen molar-refractivity contribution in [1.29, 1.82) is 0 Å². The highest BCUT2D eigenvalue weighted by molar-refractivity contribution is 5.94. The summed E-state index contributed by atoms with van der Waals surface area (Å²) in [7, 11) is 0. The van der Waals surface area contributed by atoms with E-state index in [1.54, 1.807) is 6.92 Å². The summed E-state index contributed by atoms with van der Waals surface area (Å²) in [6.07, 6.45) is 2.77. The van der Waals surface area contributed by atoms with Crippen LogP contribution in [0.1, 0.15) is 42.7 Å². The van der Waals surface area contributed by atoms with Gasteiger partial charge in [-0.15, -0.1) is 12.4 Å². The Kier molecular flexibility index (Phi) is 6.96. The molecule has 0 bridgehead atoms. The van der Waals surface area contributed by atoms with Crippen LogP contribution in [0.4, 0.5) is 4.39 Å². The van der Waals surface area contributed by atoms with Gasteiger partial charge < -0.3 is 16.2 Å². The number of nitrogens with two attached hydrogens (primary N) is 1. The SMILES string of the molecule is CCC(N)(CC)CNC(=O)c1nn(-c2ccc(F)cc2C)cc1O.Cl. The lowest BCUT2D eigenvalue weighted by atomic mass is 9.94. The zero-order chi connectivity index (χ0) is 17.9. The van der Waals surface area contributed by atoms with Crippen LogP contribution in [0, 0.1) is 12.7 Å². The van der Waals surface area contributed by atoms with Gasteiger partial charge in [0.15, 0.2) is 11.4 Å². The van der Waals surface area contributed by atoms with E-state index in [2.05, 4.69) is 10.4 Å². The molecule has 0 spiro atoms. The first kappa shape index (κ1) is 20.9. The van der Waals surface area contributed by atoms with Crippen LogP contribution < -0.4 is 11.1 Å². The van der Waals surface area contributed by atoms with Crippen LogP contribution in [0.25, 0.3) is 5.69 Å². The molecule has 0 unspecified atom stereocenters. The van der Waals surface area contributed by atoms with Gasteiger partial charge in [0.05, 0.1) is 11.9 Å². The fourth-order valence-electron chi connectivity index (χ4n) is 2.37. The van der Waals surface area contributed by atoms with Crippen molar-refractivity contribution >= 4 is 18.3 Å². The summed E-state index contributed by atoms with van der Waals surface area (Å²) in [5, 5.41) is 16.8. The van der Waals surface area contributed by atoms with Gasteiger partial charge in [0, 0.05) is 12.1 Å². The summed E-state index contributed by atoms with van der Waals surface area (Å²) in [5.74, 6) is -1.10. The van der Waals surface area contributed by atoms with Gasteiger partial charge in [-0.05, 0) is 43.5 Å². The first-order valence-electron chi connectivity index (χ1n) is 7.92. The number of benzene rings is 1. The maximum Gasteiger partial charge on any atom is 0.275 e. The van der Waals surface area contributed by atoms with Gasteiger partial charge >= 0.3 is 0 Å². The number of aromatic hydroxyl groups is 1. The van der Waals surface area contributed by atoms with E-state index in [-0.39, 0.29) is 29.7 Å². The van der Waals surface area contributed by atoms with Crippen LogP contribution in [0.3, 0.4) is 0 Å². The Hall–Kier alpha value is -2.12. The van der Waals surface area contributed by atoms with Crippen molar-refractivity contribution in [3.8, 4) is 11.4 Å². The number of amides is 1. The Bertz CT molecular complexity index is 744. The maximum atomic E-state index is 13.2. The Labute approximate surface area is 152 Å². The molecule has 0 aliphatic heterocycles. The number of carbonyl (C=O) groups excluding carboxylic acids is 1. The van der Waals surface area contributed by atoms with E-state index < -0.39 is 11.4 Å². The standard InChI is InChI=1S/C17H23FN4O2.ClH/c1-4-17(19,5-2)10-20-16(24)15-14(23)9-22(21-15)13-7-6-12(18)8-11(13)3;/h6-9,23H,4-5,10,19H2,1-3H3,(H,20,24);1H. The summed E-state index contributed by atoms with van der Waals surface area (Å²) in [4.78, 5) is 12.3. The van der Waals surface area contributed by atoms with Crippen LogP contribution in [0.2, 0.25) is 0 Å². The fourth-order valence-corrected chi connectivity index (χ4v) is 2.37. The van der Waals surface area contributed by atoms with E-state index in [1.165, 1.54) is 29.1 Å². The Morgan fingerprint density at radius 3 is 2.60 bits per heavy atom. The molecule has 0 aliphatic rings. The molecule has 0 saturated heterocycles.